The number of ether oxygens (including phenoxy) is 1. The molecule has 0 heterocycles. The standard InChI is InChI=1S/C16H23FN2O/c1-3-10-19-16(4-2,13-18)9-6-11-20-15-8-5-7-14(17)12-15/h5,7-8,12,19H,3-4,6,9-11H2,1-2H3. The van der Waals surface area contributed by atoms with Crippen molar-refractivity contribution in [3.63, 3.8) is 0 Å². The number of halogens is 1. The summed E-state index contributed by atoms with van der Waals surface area (Å²) < 4.78 is 18.5. The zero-order valence-electron chi connectivity index (χ0n) is 12.3. The molecule has 1 N–H and O–H groups in total. The van der Waals surface area contributed by atoms with Crippen molar-refractivity contribution in [1.29, 1.82) is 5.26 Å². The van der Waals surface area contributed by atoms with Crippen molar-refractivity contribution in [3.8, 4) is 11.8 Å². The van der Waals surface area contributed by atoms with Crippen LogP contribution >= 0.6 is 0 Å². The molecule has 0 aliphatic carbocycles. The van der Waals surface area contributed by atoms with Gasteiger partial charge in [0.15, 0.2) is 0 Å². The Hall–Kier alpha value is -1.60. The molecule has 110 valence electrons. The molecule has 4 heteroatoms. The smallest absolute Gasteiger partial charge is 0.126 e. The number of hydrogen-bond acceptors (Lipinski definition) is 3. The van der Waals surface area contributed by atoms with Gasteiger partial charge in [0, 0.05) is 6.07 Å². The summed E-state index contributed by atoms with van der Waals surface area (Å²) in [5.41, 5.74) is -0.471. The Morgan fingerprint density at radius 1 is 1.40 bits per heavy atom. The van der Waals surface area contributed by atoms with Gasteiger partial charge < -0.3 is 4.74 Å². The van der Waals surface area contributed by atoms with Crippen LogP contribution in [-0.2, 0) is 0 Å². The van der Waals surface area contributed by atoms with Crippen molar-refractivity contribution < 1.29 is 9.13 Å². The predicted molar refractivity (Wildman–Crippen MR) is 78.1 cm³/mol. The highest BCUT2D eigenvalue weighted by Gasteiger charge is 2.26. The lowest BCUT2D eigenvalue weighted by atomic mass is 9.92. The molecule has 0 radical (unpaired) electrons. The average Bonchev–Trinajstić information content (AvgIpc) is 2.47. The van der Waals surface area contributed by atoms with E-state index in [4.69, 9.17) is 4.74 Å². The number of nitrogens with one attached hydrogen (secondary N) is 1. The highest BCUT2D eigenvalue weighted by atomic mass is 19.1. The predicted octanol–water partition coefficient (Wildman–Crippen LogP) is 3.66. The van der Waals surface area contributed by atoms with Gasteiger partial charge in [-0.2, -0.15) is 5.26 Å². The minimum Gasteiger partial charge on any atom is -0.493 e. The van der Waals surface area contributed by atoms with Gasteiger partial charge in [0.25, 0.3) is 0 Å². The summed E-state index contributed by atoms with van der Waals surface area (Å²) in [6, 6.07) is 8.49. The molecule has 0 bridgehead atoms. The van der Waals surface area contributed by atoms with Gasteiger partial charge in [-0.25, -0.2) is 4.39 Å². The molecule has 1 atom stereocenters. The Labute approximate surface area is 120 Å². The van der Waals surface area contributed by atoms with Gasteiger partial charge in [0.05, 0.1) is 12.7 Å². The van der Waals surface area contributed by atoms with Crippen LogP contribution in [0.1, 0.15) is 39.5 Å². The maximum atomic E-state index is 13.0. The molecule has 0 saturated heterocycles. The molecule has 1 rings (SSSR count). The van der Waals surface area contributed by atoms with E-state index in [2.05, 4.69) is 18.3 Å². The maximum Gasteiger partial charge on any atom is 0.126 e. The lowest BCUT2D eigenvalue weighted by Gasteiger charge is -2.26. The number of benzene rings is 1. The van der Waals surface area contributed by atoms with Crippen LogP contribution in [0.5, 0.6) is 5.75 Å². The SMILES string of the molecule is CCCNC(C#N)(CC)CCCOc1cccc(F)c1. The second-order valence-electron chi connectivity index (χ2n) is 4.88. The zero-order chi connectivity index (χ0) is 14.8. The molecular weight excluding hydrogens is 255 g/mol. The van der Waals surface area contributed by atoms with E-state index >= 15 is 0 Å². The molecule has 1 aromatic rings. The largest absolute Gasteiger partial charge is 0.493 e. The third kappa shape index (κ3) is 5.18. The maximum absolute atomic E-state index is 13.0. The quantitative estimate of drug-likeness (QED) is 0.701. The summed E-state index contributed by atoms with van der Waals surface area (Å²) in [5, 5.41) is 12.7. The lowest BCUT2D eigenvalue weighted by Crippen LogP contribution is -2.44. The van der Waals surface area contributed by atoms with Crippen LogP contribution in [0.2, 0.25) is 0 Å². The monoisotopic (exact) mass is 278 g/mol. The normalized spacial score (nSPS) is 13.5. The summed E-state index contributed by atoms with van der Waals surface area (Å²) in [7, 11) is 0. The molecule has 20 heavy (non-hydrogen) atoms. The molecule has 0 amide bonds. The van der Waals surface area contributed by atoms with Crippen molar-refractivity contribution >= 4 is 0 Å². The first-order chi connectivity index (χ1) is 9.65. The average molecular weight is 278 g/mol. The minimum absolute atomic E-state index is 0.299. The number of rotatable bonds is 9. The molecular formula is C16H23FN2O. The molecule has 0 fully saturated rings. The Morgan fingerprint density at radius 2 is 2.20 bits per heavy atom. The van der Waals surface area contributed by atoms with Crippen LogP contribution in [0.4, 0.5) is 4.39 Å². The molecule has 0 aliphatic rings. The highest BCUT2D eigenvalue weighted by Crippen LogP contribution is 2.18. The van der Waals surface area contributed by atoms with E-state index in [1.54, 1.807) is 12.1 Å². The summed E-state index contributed by atoms with van der Waals surface area (Å²) in [6.07, 6.45) is 3.26. The van der Waals surface area contributed by atoms with Crippen LogP contribution in [0.25, 0.3) is 0 Å². The molecule has 0 saturated carbocycles. The minimum atomic E-state index is -0.471. The third-order valence-corrected chi connectivity index (χ3v) is 3.34. The molecule has 0 aliphatic heterocycles. The lowest BCUT2D eigenvalue weighted by molar-refractivity contribution is 0.275. The summed E-state index contributed by atoms with van der Waals surface area (Å²) in [4.78, 5) is 0. The van der Waals surface area contributed by atoms with Crippen LogP contribution in [0.15, 0.2) is 24.3 Å². The van der Waals surface area contributed by atoms with Gasteiger partial charge in [-0.3, -0.25) is 5.32 Å². The van der Waals surface area contributed by atoms with Crippen LogP contribution in [-0.4, -0.2) is 18.7 Å². The Balaban J connectivity index is 2.39. The second kappa shape index (κ2) is 8.55. The van der Waals surface area contributed by atoms with Gasteiger partial charge in [0.2, 0.25) is 0 Å². The summed E-state index contributed by atoms with van der Waals surface area (Å²) in [6.45, 7) is 5.42. The Bertz CT molecular complexity index is 444. The fraction of sp³-hybridized carbons (Fsp3) is 0.562. The Morgan fingerprint density at radius 3 is 2.80 bits per heavy atom. The van der Waals surface area contributed by atoms with Crippen LogP contribution in [0, 0.1) is 17.1 Å². The van der Waals surface area contributed by atoms with Gasteiger partial charge in [0.1, 0.15) is 17.1 Å². The van der Waals surface area contributed by atoms with Gasteiger partial charge in [-0.15, -0.1) is 0 Å². The molecule has 3 nitrogen and oxygen atoms in total. The van der Waals surface area contributed by atoms with E-state index in [1.165, 1.54) is 12.1 Å². The van der Waals surface area contributed by atoms with Crippen molar-refractivity contribution in [1.82, 2.24) is 5.32 Å². The molecule has 1 aromatic carbocycles. The first-order valence-corrected chi connectivity index (χ1v) is 7.20. The number of nitrogens with zero attached hydrogens (tertiary/aromatic N) is 1. The van der Waals surface area contributed by atoms with E-state index in [0.717, 1.165) is 32.2 Å². The second-order valence-corrected chi connectivity index (χ2v) is 4.88. The third-order valence-electron chi connectivity index (χ3n) is 3.34. The van der Waals surface area contributed by atoms with Crippen LogP contribution < -0.4 is 10.1 Å². The first kappa shape index (κ1) is 16.5. The molecule has 0 aromatic heterocycles. The van der Waals surface area contributed by atoms with Crippen molar-refractivity contribution in [2.75, 3.05) is 13.2 Å². The first-order valence-electron chi connectivity index (χ1n) is 7.20. The van der Waals surface area contributed by atoms with Crippen LogP contribution in [0.3, 0.4) is 0 Å². The number of nitriles is 1. The van der Waals surface area contributed by atoms with E-state index < -0.39 is 5.54 Å². The molecule has 0 spiro atoms. The van der Waals surface area contributed by atoms with E-state index in [9.17, 15) is 9.65 Å². The van der Waals surface area contributed by atoms with E-state index in [-0.39, 0.29) is 5.82 Å². The van der Waals surface area contributed by atoms with Gasteiger partial charge in [-0.1, -0.05) is 19.9 Å². The van der Waals surface area contributed by atoms with Crippen molar-refractivity contribution in [3.05, 3.63) is 30.1 Å². The summed E-state index contributed by atoms with van der Waals surface area (Å²) in [5.74, 6) is 0.234. The Kier molecular flexibility index (Phi) is 7.03. The molecule has 1 unspecified atom stereocenters. The fourth-order valence-corrected chi connectivity index (χ4v) is 2.05. The summed E-state index contributed by atoms with van der Waals surface area (Å²) >= 11 is 0. The van der Waals surface area contributed by atoms with Gasteiger partial charge in [-0.05, 0) is 44.4 Å². The topological polar surface area (TPSA) is 45.0 Å². The van der Waals surface area contributed by atoms with Crippen molar-refractivity contribution in [2.24, 2.45) is 0 Å². The van der Waals surface area contributed by atoms with Gasteiger partial charge >= 0.3 is 0 Å². The number of hydrogen-bond donors (Lipinski definition) is 1. The zero-order valence-corrected chi connectivity index (χ0v) is 12.3. The fourth-order valence-electron chi connectivity index (χ4n) is 2.05. The highest BCUT2D eigenvalue weighted by molar-refractivity contribution is 5.22. The van der Waals surface area contributed by atoms with E-state index in [1.807, 2.05) is 6.92 Å². The van der Waals surface area contributed by atoms with E-state index in [0.29, 0.717) is 12.4 Å². The van der Waals surface area contributed by atoms with Crippen molar-refractivity contribution in [2.45, 2.75) is 45.1 Å².